The van der Waals surface area contributed by atoms with Crippen LogP contribution < -0.4 is 0 Å². The highest BCUT2D eigenvalue weighted by Gasteiger charge is 2.54. The van der Waals surface area contributed by atoms with Crippen molar-refractivity contribution >= 4 is 39.8 Å². The van der Waals surface area contributed by atoms with Crippen LogP contribution in [-0.2, 0) is 5.41 Å². The van der Waals surface area contributed by atoms with Gasteiger partial charge in [0.15, 0.2) is 0 Å². The standard InChI is InChI=1S/C21H22OS3/c1-11-7-14(10-23-11)21(20(4,5)6)15-8-12(2)24-18(15)17(22)19-16(21)9-13(3)25-19/h7-10H,1-6H3. The maximum atomic E-state index is 13.2. The Bertz CT molecular complexity index is 941. The number of carbonyl (C=O) groups excluding carboxylic acids is 1. The highest BCUT2D eigenvalue weighted by Crippen LogP contribution is 2.59. The molecule has 0 aliphatic heterocycles. The molecule has 1 aliphatic rings. The zero-order chi connectivity index (χ0) is 18.1. The second-order valence-electron chi connectivity index (χ2n) is 7.97. The first-order chi connectivity index (χ1) is 11.7. The van der Waals surface area contributed by atoms with Gasteiger partial charge in [-0.1, -0.05) is 20.8 Å². The highest BCUT2D eigenvalue weighted by atomic mass is 32.1. The van der Waals surface area contributed by atoms with Crippen molar-refractivity contribution in [3.63, 3.8) is 0 Å². The number of aryl methyl sites for hydroxylation is 3. The van der Waals surface area contributed by atoms with Gasteiger partial charge in [-0.25, -0.2) is 0 Å². The van der Waals surface area contributed by atoms with E-state index in [4.69, 9.17) is 0 Å². The molecule has 0 unspecified atom stereocenters. The molecule has 0 atom stereocenters. The summed E-state index contributed by atoms with van der Waals surface area (Å²) < 4.78 is 0. The van der Waals surface area contributed by atoms with Gasteiger partial charge >= 0.3 is 0 Å². The molecular formula is C21H22OS3. The van der Waals surface area contributed by atoms with Crippen molar-refractivity contribution in [2.75, 3.05) is 0 Å². The van der Waals surface area contributed by atoms with Crippen LogP contribution in [0.4, 0.5) is 0 Å². The first-order valence-electron chi connectivity index (χ1n) is 8.48. The summed E-state index contributed by atoms with van der Waals surface area (Å²) in [5.41, 5.74) is 3.41. The summed E-state index contributed by atoms with van der Waals surface area (Å²) in [4.78, 5) is 18.8. The average molecular weight is 387 g/mol. The minimum absolute atomic E-state index is 0.0499. The van der Waals surface area contributed by atoms with Crippen LogP contribution in [0.15, 0.2) is 23.6 Å². The van der Waals surface area contributed by atoms with E-state index in [-0.39, 0.29) is 16.6 Å². The molecule has 0 radical (unpaired) electrons. The van der Waals surface area contributed by atoms with Gasteiger partial charge in [0.2, 0.25) is 5.78 Å². The van der Waals surface area contributed by atoms with Crippen molar-refractivity contribution in [2.24, 2.45) is 5.41 Å². The van der Waals surface area contributed by atoms with E-state index in [0.717, 1.165) is 9.75 Å². The third-order valence-electron chi connectivity index (χ3n) is 5.22. The smallest absolute Gasteiger partial charge is 0.213 e. The molecule has 0 amide bonds. The lowest BCUT2D eigenvalue weighted by Crippen LogP contribution is -2.45. The number of thiophene rings is 3. The van der Waals surface area contributed by atoms with Crippen LogP contribution in [0, 0.1) is 26.2 Å². The molecule has 4 rings (SSSR count). The van der Waals surface area contributed by atoms with E-state index in [1.54, 1.807) is 34.0 Å². The largest absolute Gasteiger partial charge is 0.287 e. The highest BCUT2D eigenvalue weighted by molar-refractivity contribution is 7.18. The van der Waals surface area contributed by atoms with Gasteiger partial charge in [-0.2, -0.15) is 0 Å². The summed E-state index contributed by atoms with van der Waals surface area (Å²) in [7, 11) is 0. The lowest BCUT2D eigenvalue weighted by molar-refractivity contribution is 0.103. The quantitative estimate of drug-likeness (QED) is 0.453. The summed E-state index contributed by atoms with van der Waals surface area (Å²) in [6, 6.07) is 6.83. The van der Waals surface area contributed by atoms with Crippen LogP contribution in [0.5, 0.6) is 0 Å². The third-order valence-corrected chi connectivity index (χ3v) is 8.18. The topological polar surface area (TPSA) is 17.1 Å². The Morgan fingerprint density at radius 2 is 1.36 bits per heavy atom. The number of hydrogen-bond acceptors (Lipinski definition) is 4. The first kappa shape index (κ1) is 17.2. The van der Waals surface area contributed by atoms with Crippen LogP contribution in [0.1, 0.15) is 66.6 Å². The molecule has 4 heteroatoms. The normalized spacial score (nSPS) is 16.0. The van der Waals surface area contributed by atoms with E-state index in [9.17, 15) is 4.79 Å². The van der Waals surface area contributed by atoms with Crippen LogP contribution >= 0.6 is 34.0 Å². The van der Waals surface area contributed by atoms with Crippen LogP contribution in [-0.4, -0.2) is 5.78 Å². The van der Waals surface area contributed by atoms with E-state index in [2.05, 4.69) is 65.1 Å². The third kappa shape index (κ3) is 2.20. The maximum Gasteiger partial charge on any atom is 0.213 e. The average Bonchev–Trinajstić information content (AvgIpc) is 3.18. The molecule has 0 aromatic carbocycles. The fourth-order valence-corrected chi connectivity index (χ4v) is 7.21. The Morgan fingerprint density at radius 3 is 1.76 bits per heavy atom. The second-order valence-corrected chi connectivity index (χ2v) is 11.6. The molecule has 1 aliphatic carbocycles. The van der Waals surface area contributed by atoms with Crippen molar-refractivity contribution < 1.29 is 4.79 Å². The zero-order valence-electron chi connectivity index (χ0n) is 15.4. The predicted octanol–water partition coefficient (Wildman–Crippen LogP) is 6.72. The van der Waals surface area contributed by atoms with E-state index in [1.807, 2.05) is 0 Å². The fraction of sp³-hybridized carbons (Fsp3) is 0.381. The lowest BCUT2D eigenvalue weighted by atomic mass is 9.54. The molecule has 0 N–H and O–H groups in total. The van der Waals surface area contributed by atoms with Crippen molar-refractivity contribution in [1.82, 2.24) is 0 Å². The second kappa shape index (κ2) is 5.38. The number of rotatable bonds is 1. The maximum absolute atomic E-state index is 13.2. The van der Waals surface area contributed by atoms with Crippen LogP contribution in [0.25, 0.3) is 0 Å². The first-order valence-corrected chi connectivity index (χ1v) is 11.0. The fourth-order valence-electron chi connectivity index (χ4n) is 4.36. The number of carbonyl (C=O) groups is 1. The Balaban J connectivity index is 2.20. The summed E-state index contributed by atoms with van der Waals surface area (Å²) >= 11 is 5.10. The molecule has 1 nitrogen and oxygen atoms in total. The number of ketones is 1. The van der Waals surface area contributed by atoms with Crippen molar-refractivity contribution in [3.8, 4) is 0 Å². The van der Waals surface area contributed by atoms with Gasteiger partial charge in [-0.15, -0.1) is 34.0 Å². The zero-order valence-corrected chi connectivity index (χ0v) is 17.9. The minimum Gasteiger partial charge on any atom is -0.287 e. The number of fused-ring (bicyclic) bond motifs is 2. The molecular weight excluding hydrogens is 364 g/mol. The van der Waals surface area contributed by atoms with Crippen LogP contribution in [0.2, 0.25) is 0 Å². The van der Waals surface area contributed by atoms with E-state index >= 15 is 0 Å². The van der Waals surface area contributed by atoms with Gasteiger partial charge in [-0.05, 0) is 66.5 Å². The van der Waals surface area contributed by atoms with Gasteiger partial charge < -0.3 is 0 Å². The van der Waals surface area contributed by atoms with Gasteiger partial charge in [0.25, 0.3) is 0 Å². The summed E-state index contributed by atoms with van der Waals surface area (Å²) in [5.74, 6) is 0.216. The minimum atomic E-state index is -0.272. The molecule has 3 aromatic heterocycles. The van der Waals surface area contributed by atoms with E-state index < -0.39 is 0 Å². The van der Waals surface area contributed by atoms with E-state index in [1.165, 1.54) is 31.3 Å². The summed E-state index contributed by atoms with van der Waals surface area (Å²) in [6.45, 7) is 13.3. The van der Waals surface area contributed by atoms with Crippen LogP contribution in [0.3, 0.4) is 0 Å². The SMILES string of the molecule is Cc1cc(C2(C(C)(C)C)c3cc(C)sc3C(=O)c3sc(C)cc32)cs1. The number of hydrogen-bond donors (Lipinski definition) is 0. The van der Waals surface area contributed by atoms with Crippen molar-refractivity contribution in [3.05, 3.63) is 64.7 Å². The lowest BCUT2D eigenvalue weighted by Gasteiger charge is -2.47. The van der Waals surface area contributed by atoms with Gasteiger partial charge in [-0.3, -0.25) is 4.79 Å². The molecule has 3 aromatic rings. The molecule has 0 saturated heterocycles. The predicted molar refractivity (Wildman–Crippen MR) is 110 cm³/mol. The summed E-state index contributed by atoms with van der Waals surface area (Å²) in [6.07, 6.45) is 0. The van der Waals surface area contributed by atoms with Gasteiger partial charge in [0.1, 0.15) is 0 Å². The molecule has 130 valence electrons. The molecule has 0 saturated carbocycles. The monoisotopic (exact) mass is 386 g/mol. The molecule has 0 bridgehead atoms. The Kier molecular flexibility index (Phi) is 3.70. The molecule has 3 heterocycles. The van der Waals surface area contributed by atoms with E-state index in [0.29, 0.717) is 0 Å². The van der Waals surface area contributed by atoms with Gasteiger partial charge in [0, 0.05) is 14.6 Å². The molecule has 0 fully saturated rings. The summed E-state index contributed by atoms with van der Waals surface area (Å²) in [5, 5.41) is 2.30. The van der Waals surface area contributed by atoms with Gasteiger partial charge in [0.05, 0.1) is 15.2 Å². The van der Waals surface area contributed by atoms with Crippen molar-refractivity contribution in [1.29, 1.82) is 0 Å². The van der Waals surface area contributed by atoms with Crippen molar-refractivity contribution in [2.45, 2.75) is 47.0 Å². The Morgan fingerprint density at radius 1 is 0.840 bits per heavy atom. The molecule has 0 spiro atoms. The molecule has 25 heavy (non-hydrogen) atoms. The Labute approximate surface area is 161 Å². The Hall–Kier alpha value is -1.23.